The van der Waals surface area contributed by atoms with E-state index < -0.39 is 0 Å². The third kappa shape index (κ3) is 8.99. The van der Waals surface area contributed by atoms with Gasteiger partial charge in [0, 0.05) is 0 Å². The first-order valence-corrected chi connectivity index (χ1v) is 9.51. The van der Waals surface area contributed by atoms with Crippen molar-refractivity contribution in [3.63, 3.8) is 0 Å². The van der Waals surface area contributed by atoms with Gasteiger partial charge < -0.3 is 0 Å². The molecule has 22 heavy (non-hydrogen) atoms. The number of rotatable bonds is 10. The Morgan fingerprint density at radius 3 is 2.41 bits per heavy atom. The molecule has 0 spiro atoms. The standard InChI is InChI=1S/C19H26O2Se/c1-16(8-6-9-17(2)14-15-20)10-7-13-19(21)22-18-11-4-3-5-12-18/h3-5,8,11-12,14,20H,6-7,9-10,13,15H2,1-2H3/b16-8+,17-14+. The van der Waals surface area contributed by atoms with Gasteiger partial charge in [-0.15, -0.1) is 0 Å². The molecule has 0 aliphatic rings. The van der Waals surface area contributed by atoms with Crippen LogP contribution < -0.4 is 4.46 Å². The van der Waals surface area contributed by atoms with E-state index in [9.17, 15) is 4.79 Å². The van der Waals surface area contributed by atoms with Crippen molar-refractivity contribution in [3.8, 4) is 0 Å². The first kappa shape index (κ1) is 18.9. The summed E-state index contributed by atoms with van der Waals surface area (Å²) in [7, 11) is 0. The molecule has 2 nitrogen and oxygen atoms in total. The van der Waals surface area contributed by atoms with Crippen LogP contribution >= 0.6 is 0 Å². The van der Waals surface area contributed by atoms with Crippen molar-refractivity contribution in [2.75, 3.05) is 6.61 Å². The number of hydrogen-bond acceptors (Lipinski definition) is 2. The Hall–Kier alpha value is -1.15. The van der Waals surface area contributed by atoms with Gasteiger partial charge in [-0.05, 0) is 0 Å². The Labute approximate surface area is 140 Å². The van der Waals surface area contributed by atoms with Crippen LogP contribution in [0.2, 0.25) is 0 Å². The zero-order chi connectivity index (χ0) is 16.2. The molecule has 3 heteroatoms. The Morgan fingerprint density at radius 2 is 1.73 bits per heavy atom. The van der Waals surface area contributed by atoms with Crippen molar-refractivity contribution in [1.29, 1.82) is 0 Å². The summed E-state index contributed by atoms with van der Waals surface area (Å²) in [5.74, 6) is 0. The summed E-state index contributed by atoms with van der Waals surface area (Å²) >= 11 is -0.0366. The van der Waals surface area contributed by atoms with Gasteiger partial charge in [-0.2, -0.15) is 0 Å². The summed E-state index contributed by atoms with van der Waals surface area (Å²) < 4.78 is 1.55. The van der Waals surface area contributed by atoms with Crippen molar-refractivity contribution in [3.05, 3.63) is 53.6 Å². The number of benzene rings is 1. The molecule has 0 atom stereocenters. The molecule has 0 bridgehead atoms. The average Bonchev–Trinajstić information content (AvgIpc) is 2.48. The van der Waals surface area contributed by atoms with Crippen LogP contribution in [0.25, 0.3) is 0 Å². The van der Waals surface area contributed by atoms with E-state index in [1.165, 1.54) is 15.6 Å². The van der Waals surface area contributed by atoms with Crippen molar-refractivity contribution < 1.29 is 9.90 Å². The van der Waals surface area contributed by atoms with Gasteiger partial charge in [-0.1, -0.05) is 0 Å². The number of aliphatic hydroxyl groups excluding tert-OH is 1. The number of allylic oxidation sites excluding steroid dienone is 3. The number of hydrogen-bond donors (Lipinski definition) is 1. The molecule has 120 valence electrons. The predicted octanol–water partition coefficient (Wildman–Crippen LogP) is 3.38. The summed E-state index contributed by atoms with van der Waals surface area (Å²) in [5.41, 5.74) is 2.59. The molecule has 1 rings (SSSR count). The Balaban J connectivity index is 2.20. The molecule has 0 heterocycles. The van der Waals surface area contributed by atoms with Crippen LogP contribution in [0.3, 0.4) is 0 Å². The molecule has 1 aromatic carbocycles. The topological polar surface area (TPSA) is 37.3 Å². The maximum absolute atomic E-state index is 11.9. The van der Waals surface area contributed by atoms with Gasteiger partial charge in [0.1, 0.15) is 0 Å². The second-order valence-corrected chi connectivity index (χ2v) is 7.84. The second-order valence-electron chi connectivity index (χ2n) is 5.46. The number of aliphatic hydroxyl groups is 1. The molecule has 0 unspecified atom stereocenters. The molecule has 0 fully saturated rings. The van der Waals surface area contributed by atoms with Gasteiger partial charge in [-0.25, -0.2) is 0 Å². The SMILES string of the molecule is C/C(=C\CO)CC/C=C(\C)CCCC(=O)[Se]c1ccccc1. The second kappa shape index (κ2) is 11.4. The average molecular weight is 365 g/mol. The molecule has 1 aromatic rings. The Bertz CT molecular complexity index is 503. The zero-order valence-electron chi connectivity index (χ0n) is 13.5. The Kier molecular flexibility index (Phi) is 9.81. The third-order valence-corrected chi connectivity index (χ3v) is 5.37. The fraction of sp³-hybridized carbons (Fsp3) is 0.421. The van der Waals surface area contributed by atoms with Crippen LogP contribution in [-0.2, 0) is 4.79 Å². The first-order chi connectivity index (χ1) is 10.6. The van der Waals surface area contributed by atoms with Crippen molar-refractivity contribution in [1.82, 2.24) is 0 Å². The van der Waals surface area contributed by atoms with Gasteiger partial charge in [0.15, 0.2) is 0 Å². The molecule has 0 radical (unpaired) electrons. The number of carbonyl (C=O) groups is 1. The van der Waals surface area contributed by atoms with Crippen LogP contribution in [0.1, 0.15) is 46.0 Å². The van der Waals surface area contributed by atoms with Crippen LogP contribution in [0, 0.1) is 0 Å². The molecule has 0 aromatic heterocycles. The van der Waals surface area contributed by atoms with Crippen molar-refractivity contribution >= 4 is 24.1 Å². The summed E-state index contributed by atoms with van der Waals surface area (Å²) in [5, 5.41) is 8.80. The minimum atomic E-state index is -0.0366. The van der Waals surface area contributed by atoms with Gasteiger partial charge in [0.25, 0.3) is 0 Å². The van der Waals surface area contributed by atoms with Gasteiger partial charge >= 0.3 is 140 Å². The summed E-state index contributed by atoms with van der Waals surface area (Å²) in [6.07, 6.45) is 8.74. The zero-order valence-corrected chi connectivity index (χ0v) is 15.3. The fourth-order valence-corrected chi connectivity index (χ4v) is 3.77. The summed E-state index contributed by atoms with van der Waals surface area (Å²) in [6, 6.07) is 10.0. The maximum atomic E-state index is 11.9. The molecular weight excluding hydrogens is 339 g/mol. The van der Waals surface area contributed by atoms with Crippen molar-refractivity contribution in [2.45, 2.75) is 46.0 Å². The van der Waals surface area contributed by atoms with Crippen LogP contribution in [0.5, 0.6) is 0 Å². The van der Waals surface area contributed by atoms with E-state index in [2.05, 4.69) is 13.0 Å². The van der Waals surface area contributed by atoms with E-state index in [0.717, 1.165) is 25.7 Å². The van der Waals surface area contributed by atoms with E-state index in [0.29, 0.717) is 11.1 Å². The monoisotopic (exact) mass is 366 g/mol. The number of carbonyl (C=O) groups excluding carboxylic acids is 1. The molecule has 0 aliphatic heterocycles. The quantitative estimate of drug-likeness (QED) is 0.510. The first-order valence-electron chi connectivity index (χ1n) is 7.79. The fourth-order valence-electron chi connectivity index (χ4n) is 2.09. The van der Waals surface area contributed by atoms with E-state index >= 15 is 0 Å². The third-order valence-electron chi connectivity index (χ3n) is 3.40. The van der Waals surface area contributed by atoms with E-state index in [4.69, 9.17) is 5.11 Å². The Morgan fingerprint density at radius 1 is 1.05 bits per heavy atom. The molecule has 0 saturated heterocycles. The van der Waals surface area contributed by atoms with Crippen LogP contribution in [-0.4, -0.2) is 31.4 Å². The van der Waals surface area contributed by atoms with Crippen LogP contribution in [0.4, 0.5) is 0 Å². The van der Waals surface area contributed by atoms with Crippen molar-refractivity contribution in [2.24, 2.45) is 0 Å². The van der Waals surface area contributed by atoms with Gasteiger partial charge in [0.05, 0.1) is 0 Å². The van der Waals surface area contributed by atoms with E-state index in [1.807, 2.05) is 43.3 Å². The summed E-state index contributed by atoms with van der Waals surface area (Å²) in [6.45, 7) is 4.31. The normalized spacial score (nSPS) is 12.5. The summed E-state index contributed by atoms with van der Waals surface area (Å²) in [4.78, 5) is 11.9. The van der Waals surface area contributed by atoms with Gasteiger partial charge in [0.2, 0.25) is 0 Å². The van der Waals surface area contributed by atoms with E-state index in [-0.39, 0.29) is 21.6 Å². The predicted molar refractivity (Wildman–Crippen MR) is 94.5 cm³/mol. The molecule has 0 aliphatic carbocycles. The van der Waals surface area contributed by atoms with Gasteiger partial charge in [-0.3, -0.25) is 0 Å². The molecular formula is C19H26O2Se. The van der Waals surface area contributed by atoms with Crippen LogP contribution in [0.15, 0.2) is 53.6 Å². The molecule has 0 saturated carbocycles. The molecule has 0 amide bonds. The van der Waals surface area contributed by atoms with E-state index in [1.54, 1.807) is 0 Å². The molecule has 1 N–H and O–H groups in total. The minimum absolute atomic E-state index is 0.0366.